The number of fused-ring (bicyclic) bond motifs is 2. The van der Waals surface area contributed by atoms with Crippen LogP contribution in [0.2, 0.25) is 0 Å². The van der Waals surface area contributed by atoms with Crippen LogP contribution >= 0.6 is 0 Å². The van der Waals surface area contributed by atoms with Crippen molar-refractivity contribution in [3.8, 4) is 5.75 Å². The highest BCUT2D eigenvalue weighted by atomic mass is 16.5. The predicted octanol–water partition coefficient (Wildman–Crippen LogP) is 6.06. The molecule has 4 aromatic carbocycles. The maximum absolute atomic E-state index is 13.1. The van der Waals surface area contributed by atoms with Gasteiger partial charge in [-0.2, -0.15) is 0 Å². The Morgan fingerprint density at radius 1 is 0.738 bits per heavy atom. The second-order valence-corrected chi connectivity index (χ2v) is 9.93. The third kappa shape index (κ3) is 5.95. The van der Waals surface area contributed by atoms with E-state index >= 15 is 0 Å². The number of carbonyl (C=O) groups excluding carboxylic acids is 3. The summed E-state index contributed by atoms with van der Waals surface area (Å²) >= 11 is 0. The Morgan fingerprint density at radius 3 is 1.83 bits per heavy atom. The number of nitrogens with zero attached hydrogens (tertiary/aromatic N) is 1. The van der Waals surface area contributed by atoms with Crippen LogP contribution in [0.15, 0.2) is 78.9 Å². The van der Waals surface area contributed by atoms with E-state index in [9.17, 15) is 24.3 Å². The van der Waals surface area contributed by atoms with Crippen LogP contribution in [0.4, 0.5) is 11.4 Å². The molecule has 9 nitrogen and oxygen atoms in total. The molecule has 0 atom stereocenters. The molecule has 0 aliphatic rings. The molecule has 2 amide bonds. The Hall–Kier alpha value is -5.57. The van der Waals surface area contributed by atoms with Crippen molar-refractivity contribution >= 4 is 56.9 Å². The second-order valence-electron chi connectivity index (χ2n) is 9.93. The number of pyridine rings is 1. The number of hydrogen-bond donors (Lipinski definition) is 3. The van der Waals surface area contributed by atoms with Crippen LogP contribution in [0, 0.1) is 13.8 Å². The van der Waals surface area contributed by atoms with E-state index in [1.807, 2.05) is 32.0 Å². The van der Waals surface area contributed by atoms with Crippen LogP contribution in [0.1, 0.15) is 44.3 Å². The molecule has 0 fully saturated rings. The summed E-state index contributed by atoms with van der Waals surface area (Å²) in [6, 6.07) is 22.5. The average Bonchev–Trinajstić information content (AvgIpc) is 2.93. The number of rotatable bonds is 7. The van der Waals surface area contributed by atoms with Gasteiger partial charge >= 0.3 is 11.9 Å². The first-order chi connectivity index (χ1) is 20.1. The second kappa shape index (κ2) is 11.5. The molecule has 9 heteroatoms. The molecule has 0 radical (unpaired) electrons. The molecule has 1 aromatic heterocycles. The lowest BCUT2D eigenvalue weighted by molar-refractivity contribution is -0.136. The Kier molecular flexibility index (Phi) is 7.66. The summed E-state index contributed by atoms with van der Waals surface area (Å²) in [5, 5.41) is 16.8. The summed E-state index contributed by atoms with van der Waals surface area (Å²) in [5.74, 6) is -2.22. The van der Waals surface area contributed by atoms with Gasteiger partial charge in [-0.3, -0.25) is 19.2 Å². The molecule has 5 rings (SSSR count). The summed E-state index contributed by atoms with van der Waals surface area (Å²) in [7, 11) is 0. The summed E-state index contributed by atoms with van der Waals surface area (Å²) < 4.78 is 5.18. The zero-order valence-electron chi connectivity index (χ0n) is 23.1. The highest BCUT2D eigenvalue weighted by molar-refractivity contribution is 6.09. The van der Waals surface area contributed by atoms with E-state index in [0.717, 1.165) is 21.9 Å². The first-order valence-electron chi connectivity index (χ1n) is 13.1. The number of benzene rings is 4. The molecule has 0 bridgehead atoms. The maximum Gasteiger partial charge on any atom is 0.308 e. The van der Waals surface area contributed by atoms with Crippen molar-refractivity contribution < 1.29 is 29.0 Å². The van der Waals surface area contributed by atoms with Crippen molar-refractivity contribution in [1.82, 2.24) is 4.98 Å². The zero-order chi connectivity index (χ0) is 30.0. The maximum atomic E-state index is 13.1. The summed E-state index contributed by atoms with van der Waals surface area (Å²) in [6.45, 7) is 5.03. The molecule has 0 unspecified atom stereocenters. The first-order valence-corrected chi connectivity index (χ1v) is 13.1. The van der Waals surface area contributed by atoms with E-state index in [1.54, 1.807) is 60.7 Å². The Morgan fingerprint density at radius 2 is 1.26 bits per heavy atom. The summed E-state index contributed by atoms with van der Waals surface area (Å²) in [4.78, 5) is 53.8. The number of ether oxygens (including phenoxy) is 1. The number of carboxylic acids is 1. The van der Waals surface area contributed by atoms with Gasteiger partial charge in [-0.1, -0.05) is 30.3 Å². The zero-order valence-corrected chi connectivity index (χ0v) is 23.1. The largest absolute Gasteiger partial charge is 0.481 e. The average molecular weight is 562 g/mol. The lowest BCUT2D eigenvalue weighted by Crippen LogP contribution is -2.16. The van der Waals surface area contributed by atoms with E-state index < -0.39 is 23.8 Å². The lowest BCUT2D eigenvalue weighted by Gasteiger charge is -2.14. The number of carboxylic acid groups (broad SMARTS) is 1. The Labute approximate surface area is 241 Å². The number of aryl methyl sites for hydroxylation is 2. The van der Waals surface area contributed by atoms with Gasteiger partial charge in [-0.25, -0.2) is 4.98 Å². The molecule has 1 heterocycles. The molecule has 42 heavy (non-hydrogen) atoms. The van der Waals surface area contributed by atoms with Crippen molar-refractivity contribution in [1.29, 1.82) is 0 Å². The number of nitrogens with one attached hydrogen (secondary N) is 2. The number of carbonyl (C=O) groups is 4. The predicted molar refractivity (Wildman–Crippen MR) is 160 cm³/mol. The topological polar surface area (TPSA) is 135 Å². The minimum absolute atomic E-state index is 0.167. The van der Waals surface area contributed by atoms with Crippen molar-refractivity contribution in [3.63, 3.8) is 0 Å². The highest BCUT2D eigenvalue weighted by Gasteiger charge is 2.17. The third-order valence-electron chi connectivity index (χ3n) is 6.78. The Balaban J connectivity index is 1.46. The number of para-hydroxylation sites is 1. The van der Waals surface area contributed by atoms with Gasteiger partial charge in [-0.05, 0) is 79.1 Å². The number of aliphatic carboxylic acids is 1. The van der Waals surface area contributed by atoms with E-state index in [1.165, 1.54) is 6.92 Å². The van der Waals surface area contributed by atoms with Crippen LogP contribution in [-0.4, -0.2) is 33.8 Å². The molecule has 210 valence electrons. The summed E-state index contributed by atoms with van der Waals surface area (Å²) in [5.41, 5.74) is 4.93. The molecule has 0 aliphatic carbocycles. The van der Waals surface area contributed by atoms with Crippen LogP contribution in [-0.2, 0) is 16.0 Å². The highest BCUT2D eigenvalue weighted by Crippen LogP contribution is 2.30. The fourth-order valence-electron chi connectivity index (χ4n) is 4.77. The lowest BCUT2D eigenvalue weighted by atomic mass is 10.0. The molecular formula is C33H27N3O6. The van der Waals surface area contributed by atoms with Gasteiger partial charge in [-0.15, -0.1) is 0 Å². The van der Waals surface area contributed by atoms with Crippen LogP contribution in [0.5, 0.6) is 5.75 Å². The standard InChI is InChI=1S/C33H27N3O6/c1-18-12-22-14-23-13-19(2)27(36-33(41)25-10-6-7-11-30(25)42-20(3)37)17-29(23)34-28(22)16-26(18)35-32(40)24-9-5-4-8-21(24)15-31(38)39/h4-14,16-17H,15H2,1-3H3,(H,35,40)(H,36,41)(H,38,39). The summed E-state index contributed by atoms with van der Waals surface area (Å²) in [6.07, 6.45) is -0.262. The minimum Gasteiger partial charge on any atom is -0.481 e. The van der Waals surface area contributed by atoms with E-state index in [2.05, 4.69) is 10.6 Å². The van der Waals surface area contributed by atoms with Gasteiger partial charge < -0.3 is 20.5 Å². The van der Waals surface area contributed by atoms with Crippen molar-refractivity contribution in [3.05, 3.63) is 107 Å². The fourth-order valence-corrected chi connectivity index (χ4v) is 4.77. The van der Waals surface area contributed by atoms with Gasteiger partial charge in [0.2, 0.25) is 0 Å². The van der Waals surface area contributed by atoms with Crippen molar-refractivity contribution in [2.75, 3.05) is 10.6 Å². The van der Waals surface area contributed by atoms with Gasteiger partial charge in [0, 0.05) is 34.6 Å². The number of amides is 2. The molecule has 5 aromatic rings. The van der Waals surface area contributed by atoms with Gasteiger partial charge in [0.05, 0.1) is 23.0 Å². The third-order valence-corrected chi connectivity index (χ3v) is 6.78. The van der Waals surface area contributed by atoms with E-state index in [-0.39, 0.29) is 23.3 Å². The van der Waals surface area contributed by atoms with Gasteiger partial charge in [0.15, 0.2) is 0 Å². The quantitative estimate of drug-likeness (QED) is 0.125. The van der Waals surface area contributed by atoms with Crippen LogP contribution in [0.3, 0.4) is 0 Å². The fraction of sp³-hybridized carbons (Fsp3) is 0.121. The Bertz CT molecular complexity index is 1780. The molecule has 0 aliphatic heterocycles. The number of aromatic nitrogens is 1. The molecule has 0 spiro atoms. The smallest absolute Gasteiger partial charge is 0.308 e. The molecular weight excluding hydrogens is 534 g/mol. The number of esters is 1. The first kappa shape index (κ1) is 28.0. The minimum atomic E-state index is -1.02. The monoisotopic (exact) mass is 561 g/mol. The SMILES string of the molecule is CC(=O)Oc1ccccc1C(=O)Nc1cc2nc3cc(NC(=O)c4ccccc4CC(=O)O)c(C)cc3cc2cc1C. The van der Waals surface area contributed by atoms with Crippen LogP contribution in [0.25, 0.3) is 21.8 Å². The van der Waals surface area contributed by atoms with Gasteiger partial charge in [0.1, 0.15) is 5.75 Å². The molecule has 0 saturated heterocycles. The van der Waals surface area contributed by atoms with Crippen LogP contribution < -0.4 is 15.4 Å². The van der Waals surface area contributed by atoms with Crippen molar-refractivity contribution in [2.45, 2.75) is 27.2 Å². The molecule has 0 saturated carbocycles. The number of hydrogen-bond acceptors (Lipinski definition) is 6. The van der Waals surface area contributed by atoms with E-state index in [4.69, 9.17) is 9.72 Å². The van der Waals surface area contributed by atoms with Crippen molar-refractivity contribution in [2.24, 2.45) is 0 Å². The number of anilines is 2. The van der Waals surface area contributed by atoms with Gasteiger partial charge in [0.25, 0.3) is 11.8 Å². The normalized spacial score (nSPS) is 10.8. The van der Waals surface area contributed by atoms with E-state index in [0.29, 0.717) is 28.0 Å². The molecule has 3 N–H and O–H groups in total.